The summed E-state index contributed by atoms with van der Waals surface area (Å²) in [6.45, 7) is 1.94. The fourth-order valence-corrected chi connectivity index (χ4v) is 3.87. The van der Waals surface area contributed by atoms with Gasteiger partial charge in [0.15, 0.2) is 5.76 Å². The minimum absolute atomic E-state index is 0.186. The van der Waals surface area contributed by atoms with E-state index in [1.54, 1.807) is 47.5 Å². The van der Waals surface area contributed by atoms with Crippen molar-refractivity contribution in [2.75, 3.05) is 7.05 Å². The van der Waals surface area contributed by atoms with Crippen molar-refractivity contribution in [1.29, 1.82) is 0 Å². The van der Waals surface area contributed by atoms with E-state index in [2.05, 4.69) is 4.98 Å². The van der Waals surface area contributed by atoms with Crippen molar-refractivity contribution in [3.63, 3.8) is 0 Å². The largest absolute Gasteiger partial charge is 0.451 e. The number of hydrogen-bond acceptors (Lipinski definition) is 4. The van der Waals surface area contributed by atoms with Crippen LogP contribution in [-0.4, -0.2) is 22.8 Å². The average molecular weight is 380 g/mol. The van der Waals surface area contributed by atoms with Gasteiger partial charge in [0.1, 0.15) is 16.6 Å². The van der Waals surface area contributed by atoms with Crippen molar-refractivity contribution >= 4 is 27.5 Å². The van der Waals surface area contributed by atoms with Crippen LogP contribution in [0, 0.1) is 5.82 Å². The molecule has 0 unspecified atom stereocenters. The van der Waals surface area contributed by atoms with Gasteiger partial charge in [0, 0.05) is 12.6 Å². The minimum Gasteiger partial charge on any atom is -0.451 e. The van der Waals surface area contributed by atoms with Crippen molar-refractivity contribution in [1.82, 2.24) is 9.88 Å². The van der Waals surface area contributed by atoms with Crippen molar-refractivity contribution in [2.24, 2.45) is 0 Å². The van der Waals surface area contributed by atoms with E-state index in [0.29, 0.717) is 5.76 Å². The first-order valence-corrected chi connectivity index (χ1v) is 9.33. The molecule has 0 bridgehead atoms. The molecule has 0 saturated heterocycles. The van der Waals surface area contributed by atoms with Crippen LogP contribution in [0.2, 0.25) is 0 Å². The third-order valence-corrected chi connectivity index (χ3v) is 5.72. The quantitative estimate of drug-likeness (QED) is 0.468. The van der Waals surface area contributed by atoms with Crippen LogP contribution in [0.3, 0.4) is 0 Å². The molecule has 0 aliphatic rings. The molecule has 136 valence electrons. The number of furan rings is 1. The lowest BCUT2D eigenvalue weighted by molar-refractivity contribution is 0.0711. The summed E-state index contributed by atoms with van der Waals surface area (Å²) in [5.41, 5.74) is 1.65. The molecule has 0 aliphatic carbocycles. The molecule has 2 aromatic heterocycles. The monoisotopic (exact) mass is 380 g/mol. The number of thiazole rings is 1. The molecule has 0 radical (unpaired) electrons. The van der Waals surface area contributed by atoms with E-state index in [9.17, 15) is 9.18 Å². The molecule has 0 saturated carbocycles. The van der Waals surface area contributed by atoms with Crippen LogP contribution in [0.1, 0.15) is 28.5 Å². The standard InChI is InChI=1S/C21H17FN2O2S/c1-13(20-23-16-5-3-4-6-19(16)27-20)24(2)21(25)18-12-11-17(26-18)14-7-9-15(22)10-8-14/h3-13H,1-2H3/t13-/m1/s1. The van der Waals surface area contributed by atoms with Gasteiger partial charge in [0.25, 0.3) is 5.91 Å². The predicted octanol–water partition coefficient (Wildman–Crippen LogP) is 5.53. The zero-order chi connectivity index (χ0) is 19.0. The molecule has 0 N–H and O–H groups in total. The molecule has 2 aromatic carbocycles. The van der Waals surface area contributed by atoms with Crippen molar-refractivity contribution in [3.05, 3.63) is 77.2 Å². The number of rotatable bonds is 4. The lowest BCUT2D eigenvalue weighted by Gasteiger charge is -2.22. The summed E-state index contributed by atoms with van der Waals surface area (Å²) in [6, 6.07) is 17.0. The fraction of sp³-hybridized carbons (Fsp3) is 0.143. The maximum Gasteiger partial charge on any atom is 0.289 e. The summed E-state index contributed by atoms with van der Waals surface area (Å²) in [4.78, 5) is 19.1. The van der Waals surface area contributed by atoms with Crippen LogP contribution in [0.25, 0.3) is 21.5 Å². The molecular formula is C21H17FN2O2S. The Hall–Kier alpha value is -2.99. The van der Waals surface area contributed by atoms with E-state index in [1.807, 2.05) is 31.2 Å². The second kappa shape index (κ2) is 6.96. The van der Waals surface area contributed by atoms with Gasteiger partial charge in [-0.15, -0.1) is 11.3 Å². The van der Waals surface area contributed by atoms with E-state index >= 15 is 0 Å². The van der Waals surface area contributed by atoms with Crippen LogP contribution >= 0.6 is 11.3 Å². The predicted molar refractivity (Wildman–Crippen MR) is 104 cm³/mol. The molecule has 4 rings (SSSR count). The van der Waals surface area contributed by atoms with Gasteiger partial charge in [0.05, 0.1) is 16.3 Å². The zero-order valence-electron chi connectivity index (χ0n) is 14.8. The summed E-state index contributed by atoms with van der Waals surface area (Å²) in [6.07, 6.45) is 0. The van der Waals surface area contributed by atoms with E-state index in [1.165, 1.54) is 12.1 Å². The molecule has 2 heterocycles. The first-order valence-electron chi connectivity index (χ1n) is 8.51. The van der Waals surface area contributed by atoms with Crippen molar-refractivity contribution < 1.29 is 13.6 Å². The highest BCUT2D eigenvalue weighted by atomic mass is 32.1. The Morgan fingerprint density at radius 2 is 1.85 bits per heavy atom. The van der Waals surface area contributed by atoms with Gasteiger partial charge in [-0.2, -0.15) is 0 Å². The number of amides is 1. The van der Waals surface area contributed by atoms with E-state index in [-0.39, 0.29) is 23.5 Å². The Balaban J connectivity index is 1.55. The molecule has 27 heavy (non-hydrogen) atoms. The number of benzene rings is 2. The molecule has 1 atom stereocenters. The van der Waals surface area contributed by atoms with Crippen LogP contribution in [0.5, 0.6) is 0 Å². The maximum absolute atomic E-state index is 13.1. The second-order valence-electron chi connectivity index (χ2n) is 6.28. The molecular weight excluding hydrogens is 363 g/mol. The van der Waals surface area contributed by atoms with E-state index < -0.39 is 0 Å². The average Bonchev–Trinajstić information content (AvgIpc) is 3.34. The Morgan fingerprint density at radius 1 is 1.11 bits per heavy atom. The summed E-state index contributed by atoms with van der Waals surface area (Å²) in [7, 11) is 1.74. The van der Waals surface area contributed by atoms with Gasteiger partial charge in [-0.1, -0.05) is 12.1 Å². The Morgan fingerprint density at radius 3 is 2.59 bits per heavy atom. The smallest absolute Gasteiger partial charge is 0.289 e. The van der Waals surface area contributed by atoms with Crippen LogP contribution < -0.4 is 0 Å². The van der Waals surface area contributed by atoms with Gasteiger partial charge in [-0.25, -0.2) is 9.37 Å². The summed E-state index contributed by atoms with van der Waals surface area (Å²) < 4.78 is 19.9. The third kappa shape index (κ3) is 3.36. The molecule has 1 amide bonds. The number of halogens is 1. The molecule has 0 aliphatic heterocycles. The fourth-order valence-electron chi connectivity index (χ4n) is 2.81. The molecule has 4 aromatic rings. The minimum atomic E-state index is -0.314. The van der Waals surface area contributed by atoms with E-state index in [4.69, 9.17) is 4.42 Å². The van der Waals surface area contributed by atoms with Crippen molar-refractivity contribution in [3.8, 4) is 11.3 Å². The van der Waals surface area contributed by atoms with Gasteiger partial charge < -0.3 is 9.32 Å². The summed E-state index contributed by atoms with van der Waals surface area (Å²) in [5.74, 6) is 0.227. The van der Waals surface area contributed by atoms with Gasteiger partial charge in [-0.3, -0.25) is 4.79 Å². The van der Waals surface area contributed by atoms with E-state index in [0.717, 1.165) is 20.8 Å². The number of carbonyl (C=O) groups is 1. The lowest BCUT2D eigenvalue weighted by atomic mass is 10.2. The Labute approximate surface area is 159 Å². The number of aromatic nitrogens is 1. The topological polar surface area (TPSA) is 46.3 Å². The van der Waals surface area contributed by atoms with Gasteiger partial charge in [0.2, 0.25) is 0 Å². The normalized spacial score (nSPS) is 12.3. The molecule has 0 spiro atoms. The number of carbonyl (C=O) groups excluding carboxylic acids is 1. The second-order valence-corrected chi connectivity index (χ2v) is 7.34. The number of para-hydroxylation sites is 1. The number of fused-ring (bicyclic) bond motifs is 1. The summed E-state index contributed by atoms with van der Waals surface area (Å²) >= 11 is 1.58. The SMILES string of the molecule is C[C@H](c1nc2ccccc2s1)N(C)C(=O)c1ccc(-c2ccc(F)cc2)o1. The molecule has 6 heteroatoms. The highest BCUT2D eigenvalue weighted by molar-refractivity contribution is 7.18. The van der Waals surface area contributed by atoms with Crippen LogP contribution in [-0.2, 0) is 0 Å². The van der Waals surface area contributed by atoms with Gasteiger partial charge in [-0.05, 0) is 55.5 Å². The Kier molecular flexibility index (Phi) is 4.49. The Bertz CT molecular complexity index is 1070. The first-order chi connectivity index (χ1) is 13.0. The zero-order valence-corrected chi connectivity index (χ0v) is 15.7. The van der Waals surface area contributed by atoms with Crippen molar-refractivity contribution in [2.45, 2.75) is 13.0 Å². The first kappa shape index (κ1) is 17.4. The van der Waals surface area contributed by atoms with Crippen LogP contribution in [0.15, 0.2) is 65.1 Å². The highest BCUT2D eigenvalue weighted by Gasteiger charge is 2.24. The highest BCUT2D eigenvalue weighted by Crippen LogP contribution is 2.30. The molecule has 4 nitrogen and oxygen atoms in total. The lowest BCUT2D eigenvalue weighted by Crippen LogP contribution is -2.29. The molecule has 0 fully saturated rings. The third-order valence-electron chi connectivity index (χ3n) is 4.51. The van der Waals surface area contributed by atoms with Gasteiger partial charge >= 0.3 is 0 Å². The summed E-state index contributed by atoms with van der Waals surface area (Å²) in [5, 5.41) is 0.873. The maximum atomic E-state index is 13.1. The van der Waals surface area contributed by atoms with Crippen LogP contribution in [0.4, 0.5) is 4.39 Å². The number of nitrogens with zero attached hydrogens (tertiary/aromatic N) is 2. The number of hydrogen-bond donors (Lipinski definition) is 0.